The molecule has 0 fully saturated rings. The van der Waals surface area contributed by atoms with Crippen LogP contribution >= 0.6 is 0 Å². The summed E-state index contributed by atoms with van der Waals surface area (Å²) in [5.74, 6) is -1.44. The Bertz CT molecular complexity index is 898. The first-order valence-corrected chi connectivity index (χ1v) is 8.51. The summed E-state index contributed by atoms with van der Waals surface area (Å²) in [5, 5.41) is 3.99. The highest BCUT2D eigenvalue weighted by atomic mass is 32.2. The quantitative estimate of drug-likeness (QED) is 0.787. The van der Waals surface area contributed by atoms with E-state index in [1.54, 1.807) is 14.0 Å². The fourth-order valence-electron chi connectivity index (χ4n) is 2.21. The lowest BCUT2D eigenvalue weighted by atomic mass is 10.1. The van der Waals surface area contributed by atoms with E-state index in [1.807, 2.05) is 0 Å². The van der Waals surface area contributed by atoms with Gasteiger partial charge in [0.15, 0.2) is 0 Å². The number of nitrogens with one attached hydrogen (secondary N) is 1. The second kappa shape index (κ2) is 6.93. The second-order valence-electron chi connectivity index (χ2n) is 5.14. The van der Waals surface area contributed by atoms with Crippen molar-refractivity contribution in [1.29, 1.82) is 0 Å². The number of aryl methyl sites for hydroxylation is 2. The molecular formula is C15H17N3O6S. The van der Waals surface area contributed by atoms with Crippen molar-refractivity contribution in [2.45, 2.75) is 11.8 Å². The molecular weight excluding hydrogens is 350 g/mol. The zero-order valence-electron chi connectivity index (χ0n) is 14.1. The zero-order chi connectivity index (χ0) is 18.8. The van der Waals surface area contributed by atoms with E-state index in [-0.39, 0.29) is 21.7 Å². The molecule has 25 heavy (non-hydrogen) atoms. The maximum absolute atomic E-state index is 12.5. The standard InChI is InChI=1S/C15H17N3O6S/c1-9-13(8-18(2)16-9)25(21,22)17-12-6-10(14(19)23-3)5-11(7-12)15(20)24-4/h5-8,17H,1-4H3. The molecule has 0 aliphatic rings. The van der Waals surface area contributed by atoms with Gasteiger partial charge in [-0.3, -0.25) is 9.40 Å². The average molecular weight is 367 g/mol. The fourth-order valence-corrected chi connectivity index (χ4v) is 3.47. The van der Waals surface area contributed by atoms with E-state index in [0.29, 0.717) is 5.69 Å². The largest absolute Gasteiger partial charge is 0.465 e. The number of benzene rings is 1. The number of methoxy groups -OCH3 is 2. The first-order chi connectivity index (χ1) is 11.7. The average Bonchev–Trinajstić information content (AvgIpc) is 2.91. The van der Waals surface area contributed by atoms with Crippen molar-refractivity contribution in [2.24, 2.45) is 7.05 Å². The summed E-state index contributed by atoms with van der Waals surface area (Å²) in [6, 6.07) is 3.79. The van der Waals surface area contributed by atoms with Crippen LogP contribution in [0.5, 0.6) is 0 Å². The van der Waals surface area contributed by atoms with Gasteiger partial charge < -0.3 is 9.47 Å². The van der Waals surface area contributed by atoms with Gasteiger partial charge in [-0.25, -0.2) is 18.0 Å². The molecule has 0 radical (unpaired) electrons. The van der Waals surface area contributed by atoms with Crippen LogP contribution in [-0.2, 0) is 26.5 Å². The molecule has 1 aromatic heterocycles. The van der Waals surface area contributed by atoms with Crippen LogP contribution in [0.15, 0.2) is 29.3 Å². The predicted octanol–water partition coefficient (Wildman–Crippen LogP) is 1.10. The Morgan fingerprint density at radius 1 is 1.08 bits per heavy atom. The normalized spacial score (nSPS) is 11.0. The van der Waals surface area contributed by atoms with Crippen molar-refractivity contribution in [3.8, 4) is 0 Å². The molecule has 2 rings (SSSR count). The van der Waals surface area contributed by atoms with E-state index in [9.17, 15) is 18.0 Å². The minimum absolute atomic E-state index is 0.00556. The highest BCUT2D eigenvalue weighted by molar-refractivity contribution is 7.92. The third-order valence-electron chi connectivity index (χ3n) is 3.29. The SMILES string of the molecule is COC(=O)c1cc(NS(=O)(=O)c2cn(C)nc2C)cc(C(=O)OC)c1. The molecule has 134 valence electrons. The molecule has 0 aliphatic carbocycles. The van der Waals surface area contributed by atoms with Gasteiger partial charge in [-0.2, -0.15) is 5.10 Å². The summed E-state index contributed by atoms with van der Waals surface area (Å²) >= 11 is 0. The van der Waals surface area contributed by atoms with E-state index in [2.05, 4.69) is 19.3 Å². The van der Waals surface area contributed by atoms with Gasteiger partial charge in [0, 0.05) is 13.2 Å². The van der Waals surface area contributed by atoms with Crippen molar-refractivity contribution in [3.05, 3.63) is 41.2 Å². The maximum Gasteiger partial charge on any atom is 0.337 e. The van der Waals surface area contributed by atoms with E-state index in [4.69, 9.17) is 0 Å². The molecule has 0 bridgehead atoms. The van der Waals surface area contributed by atoms with Gasteiger partial charge in [-0.15, -0.1) is 0 Å². The van der Waals surface area contributed by atoms with E-state index < -0.39 is 22.0 Å². The molecule has 0 saturated heterocycles. The minimum Gasteiger partial charge on any atom is -0.465 e. The Labute approximate surface area is 144 Å². The second-order valence-corrected chi connectivity index (χ2v) is 6.79. The lowest BCUT2D eigenvalue weighted by Gasteiger charge is -2.10. The number of carbonyl (C=O) groups excluding carboxylic acids is 2. The van der Waals surface area contributed by atoms with E-state index in [1.165, 1.54) is 43.3 Å². The van der Waals surface area contributed by atoms with Gasteiger partial charge in [0.2, 0.25) is 0 Å². The number of hydrogen-bond donors (Lipinski definition) is 1. The van der Waals surface area contributed by atoms with Crippen LogP contribution in [0.25, 0.3) is 0 Å². The summed E-state index contributed by atoms with van der Waals surface area (Å²) in [6.45, 7) is 1.55. The molecule has 0 unspecified atom stereocenters. The number of nitrogens with zero attached hydrogens (tertiary/aromatic N) is 2. The number of hydrogen-bond acceptors (Lipinski definition) is 7. The number of anilines is 1. The van der Waals surface area contributed by atoms with Gasteiger partial charge >= 0.3 is 11.9 Å². The molecule has 1 aromatic carbocycles. The van der Waals surface area contributed by atoms with Crippen molar-refractivity contribution < 1.29 is 27.5 Å². The Balaban J connectivity index is 2.49. The Morgan fingerprint density at radius 2 is 1.60 bits per heavy atom. The topological polar surface area (TPSA) is 117 Å². The molecule has 1 heterocycles. The Hall–Kier alpha value is -2.88. The lowest BCUT2D eigenvalue weighted by Crippen LogP contribution is -2.15. The van der Waals surface area contributed by atoms with Crippen LogP contribution in [0.3, 0.4) is 0 Å². The summed E-state index contributed by atoms with van der Waals surface area (Å²) in [7, 11) is -0.00946. The van der Waals surface area contributed by atoms with Crippen molar-refractivity contribution >= 4 is 27.6 Å². The monoisotopic (exact) mass is 367 g/mol. The van der Waals surface area contributed by atoms with Crippen LogP contribution in [0.4, 0.5) is 5.69 Å². The lowest BCUT2D eigenvalue weighted by molar-refractivity contribution is 0.0599. The van der Waals surface area contributed by atoms with E-state index >= 15 is 0 Å². The minimum atomic E-state index is -3.96. The van der Waals surface area contributed by atoms with Gasteiger partial charge in [0.1, 0.15) is 4.90 Å². The number of esters is 2. The first-order valence-electron chi connectivity index (χ1n) is 7.02. The summed E-state index contributed by atoms with van der Waals surface area (Å²) in [4.78, 5) is 23.5. The van der Waals surface area contributed by atoms with Crippen molar-refractivity contribution in [3.63, 3.8) is 0 Å². The zero-order valence-corrected chi connectivity index (χ0v) is 14.9. The molecule has 0 saturated carbocycles. The van der Waals surface area contributed by atoms with Gasteiger partial charge in [-0.1, -0.05) is 0 Å². The fraction of sp³-hybridized carbons (Fsp3) is 0.267. The first kappa shape index (κ1) is 18.5. The Morgan fingerprint density at radius 3 is 2.00 bits per heavy atom. The van der Waals surface area contributed by atoms with Crippen LogP contribution in [0, 0.1) is 6.92 Å². The van der Waals surface area contributed by atoms with Gasteiger partial charge in [0.05, 0.1) is 36.7 Å². The van der Waals surface area contributed by atoms with Crippen molar-refractivity contribution in [1.82, 2.24) is 9.78 Å². The number of carbonyl (C=O) groups is 2. The summed E-state index contributed by atoms with van der Waals surface area (Å²) in [6.07, 6.45) is 1.35. The molecule has 0 spiro atoms. The predicted molar refractivity (Wildman–Crippen MR) is 87.9 cm³/mol. The smallest absolute Gasteiger partial charge is 0.337 e. The third kappa shape index (κ3) is 3.97. The molecule has 0 atom stereocenters. The third-order valence-corrected chi connectivity index (χ3v) is 4.77. The van der Waals surface area contributed by atoms with Crippen LogP contribution < -0.4 is 4.72 Å². The molecule has 9 nitrogen and oxygen atoms in total. The number of aromatic nitrogens is 2. The molecule has 10 heteroatoms. The highest BCUT2D eigenvalue weighted by Gasteiger charge is 2.22. The van der Waals surface area contributed by atoms with Crippen LogP contribution in [0.1, 0.15) is 26.4 Å². The number of rotatable bonds is 5. The van der Waals surface area contributed by atoms with E-state index in [0.717, 1.165) is 0 Å². The van der Waals surface area contributed by atoms with Crippen molar-refractivity contribution in [2.75, 3.05) is 18.9 Å². The maximum atomic E-state index is 12.5. The Kier molecular flexibility index (Phi) is 5.12. The van der Waals surface area contributed by atoms with Gasteiger partial charge in [0.25, 0.3) is 10.0 Å². The van der Waals surface area contributed by atoms with Crippen LogP contribution in [0.2, 0.25) is 0 Å². The summed E-state index contributed by atoms with van der Waals surface area (Å²) in [5.41, 5.74) is 0.343. The molecule has 2 aromatic rings. The van der Waals surface area contributed by atoms with Crippen LogP contribution in [-0.4, -0.2) is 44.4 Å². The number of ether oxygens (including phenoxy) is 2. The van der Waals surface area contributed by atoms with Gasteiger partial charge in [-0.05, 0) is 25.1 Å². The molecule has 0 aliphatic heterocycles. The highest BCUT2D eigenvalue weighted by Crippen LogP contribution is 2.22. The molecule has 1 N–H and O–H groups in total. The molecule has 0 amide bonds. The number of sulfonamides is 1. The summed E-state index contributed by atoms with van der Waals surface area (Å²) < 4.78 is 38.0.